The van der Waals surface area contributed by atoms with Crippen LogP contribution in [-0.2, 0) is 9.53 Å². The smallest absolute Gasteiger partial charge is 0.248 e. The number of nitrogens with one attached hydrogen (secondary N) is 1. The molecule has 4 nitrogen and oxygen atoms in total. The van der Waals surface area contributed by atoms with Crippen molar-refractivity contribution >= 4 is 5.91 Å². The van der Waals surface area contributed by atoms with E-state index in [9.17, 15) is 4.79 Å². The van der Waals surface area contributed by atoms with Crippen LogP contribution in [0.2, 0.25) is 0 Å². The quantitative estimate of drug-likeness (QED) is 0.759. The van der Waals surface area contributed by atoms with Gasteiger partial charge < -0.3 is 15.0 Å². The molecule has 0 aromatic carbocycles. The van der Waals surface area contributed by atoms with Gasteiger partial charge in [0.1, 0.15) is 6.61 Å². The molecule has 1 N–H and O–H groups in total. The second-order valence-corrected chi connectivity index (χ2v) is 4.93. The highest BCUT2D eigenvalue weighted by Crippen LogP contribution is 2.07. The summed E-state index contributed by atoms with van der Waals surface area (Å²) in [6.45, 7) is 7.25. The van der Waals surface area contributed by atoms with Crippen LogP contribution in [0, 0.1) is 5.92 Å². The number of hydrogen-bond acceptors (Lipinski definition) is 3. The van der Waals surface area contributed by atoms with E-state index in [4.69, 9.17) is 4.74 Å². The molecule has 0 bridgehead atoms. The van der Waals surface area contributed by atoms with Crippen molar-refractivity contribution in [2.24, 2.45) is 5.92 Å². The summed E-state index contributed by atoms with van der Waals surface area (Å²) in [7, 11) is 1.84. The van der Waals surface area contributed by atoms with Crippen LogP contribution in [0.5, 0.6) is 0 Å². The van der Waals surface area contributed by atoms with Crippen LogP contribution in [0.25, 0.3) is 0 Å². The van der Waals surface area contributed by atoms with Gasteiger partial charge in [-0.3, -0.25) is 4.79 Å². The molecule has 0 saturated carbocycles. The lowest BCUT2D eigenvalue weighted by molar-refractivity contribution is -0.137. The summed E-state index contributed by atoms with van der Waals surface area (Å²) in [6.07, 6.45) is 2.29. The molecule has 1 rings (SSSR count). The predicted octanol–water partition coefficient (Wildman–Crippen LogP) is 0.869. The van der Waals surface area contributed by atoms with Gasteiger partial charge in [0.15, 0.2) is 0 Å². The Morgan fingerprint density at radius 2 is 2.06 bits per heavy atom. The lowest BCUT2D eigenvalue weighted by Gasteiger charge is -2.24. The van der Waals surface area contributed by atoms with Crippen LogP contribution in [-0.4, -0.2) is 50.2 Å². The van der Waals surface area contributed by atoms with Crippen molar-refractivity contribution in [3.8, 4) is 0 Å². The highest BCUT2D eigenvalue weighted by Gasteiger charge is 2.16. The zero-order valence-corrected chi connectivity index (χ0v) is 10.7. The van der Waals surface area contributed by atoms with Gasteiger partial charge in [0, 0.05) is 13.6 Å². The fourth-order valence-electron chi connectivity index (χ4n) is 1.91. The van der Waals surface area contributed by atoms with Gasteiger partial charge in [-0.2, -0.15) is 0 Å². The maximum absolute atomic E-state index is 11.7. The molecule has 1 heterocycles. The summed E-state index contributed by atoms with van der Waals surface area (Å²) in [5, 5.41) is 3.28. The van der Waals surface area contributed by atoms with Crippen LogP contribution in [0.3, 0.4) is 0 Å². The largest absolute Gasteiger partial charge is 0.368 e. The number of hydrogen-bond donors (Lipinski definition) is 1. The third kappa shape index (κ3) is 4.94. The molecule has 1 aliphatic rings. The molecule has 0 unspecified atom stereocenters. The molecule has 0 radical (unpaired) electrons. The summed E-state index contributed by atoms with van der Waals surface area (Å²) in [6, 6.07) is 0. The molecule has 94 valence electrons. The second-order valence-electron chi connectivity index (χ2n) is 4.93. The fourth-order valence-corrected chi connectivity index (χ4v) is 1.91. The first kappa shape index (κ1) is 13.5. The molecular weight excluding hydrogens is 204 g/mol. The monoisotopic (exact) mass is 228 g/mol. The van der Waals surface area contributed by atoms with E-state index in [-0.39, 0.29) is 18.6 Å². The van der Waals surface area contributed by atoms with E-state index >= 15 is 0 Å². The number of ether oxygens (including phenoxy) is 1. The predicted molar refractivity (Wildman–Crippen MR) is 64.3 cm³/mol. The number of piperidine rings is 1. The molecule has 1 fully saturated rings. The minimum atomic E-state index is 0.0900. The molecule has 0 aromatic rings. The van der Waals surface area contributed by atoms with Crippen LogP contribution < -0.4 is 5.32 Å². The summed E-state index contributed by atoms with van der Waals surface area (Å²) in [5.41, 5.74) is 0. The van der Waals surface area contributed by atoms with Gasteiger partial charge in [0.25, 0.3) is 0 Å². The number of carbonyl (C=O) groups excluding carboxylic acids is 1. The van der Waals surface area contributed by atoms with Crippen LogP contribution in [0.15, 0.2) is 0 Å². The molecule has 1 aliphatic heterocycles. The molecular formula is C12H24N2O2. The Labute approximate surface area is 98.3 Å². The molecule has 1 saturated heterocycles. The van der Waals surface area contributed by atoms with Gasteiger partial charge in [-0.15, -0.1) is 0 Å². The van der Waals surface area contributed by atoms with Crippen molar-refractivity contribution < 1.29 is 9.53 Å². The fraction of sp³-hybridized carbons (Fsp3) is 0.917. The Kier molecular flexibility index (Phi) is 5.77. The number of carbonyl (C=O) groups is 1. The molecule has 16 heavy (non-hydrogen) atoms. The zero-order valence-electron chi connectivity index (χ0n) is 10.7. The zero-order chi connectivity index (χ0) is 12.0. The van der Waals surface area contributed by atoms with Crippen molar-refractivity contribution in [2.45, 2.75) is 32.8 Å². The maximum atomic E-state index is 11.7. The topological polar surface area (TPSA) is 41.6 Å². The summed E-state index contributed by atoms with van der Waals surface area (Å²) < 4.78 is 5.62. The van der Waals surface area contributed by atoms with Crippen LogP contribution in [0.4, 0.5) is 0 Å². The van der Waals surface area contributed by atoms with E-state index in [0.717, 1.165) is 32.5 Å². The number of rotatable bonds is 5. The molecule has 1 amide bonds. The highest BCUT2D eigenvalue weighted by molar-refractivity contribution is 5.77. The summed E-state index contributed by atoms with van der Waals surface area (Å²) in [4.78, 5) is 13.5. The molecule has 0 aromatic heterocycles. The first-order chi connectivity index (χ1) is 7.59. The van der Waals surface area contributed by atoms with E-state index in [0.29, 0.717) is 5.92 Å². The number of amides is 1. The van der Waals surface area contributed by atoms with Gasteiger partial charge in [-0.1, -0.05) is 13.8 Å². The third-order valence-corrected chi connectivity index (χ3v) is 2.79. The van der Waals surface area contributed by atoms with Crippen molar-refractivity contribution in [3.05, 3.63) is 0 Å². The second kappa shape index (κ2) is 6.86. The lowest BCUT2D eigenvalue weighted by atomic mass is 10.1. The Morgan fingerprint density at radius 3 is 2.62 bits per heavy atom. The Morgan fingerprint density at radius 1 is 1.44 bits per heavy atom. The van der Waals surface area contributed by atoms with Crippen molar-refractivity contribution in [1.29, 1.82) is 0 Å². The Balaban J connectivity index is 2.17. The minimum absolute atomic E-state index is 0.0900. The van der Waals surface area contributed by atoms with E-state index in [1.807, 2.05) is 7.05 Å². The van der Waals surface area contributed by atoms with Crippen molar-refractivity contribution in [2.75, 3.05) is 33.3 Å². The van der Waals surface area contributed by atoms with E-state index in [2.05, 4.69) is 19.2 Å². The van der Waals surface area contributed by atoms with Crippen LogP contribution >= 0.6 is 0 Å². The minimum Gasteiger partial charge on any atom is -0.368 e. The SMILES string of the molecule is CC(C)CN(C)C(=O)COC1CCNCC1. The standard InChI is InChI=1S/C12H24N2O2/c1-10(2)8-14(3)12(15)9-16-11-4-6-13-7-5-11/h10-11,13H,4-9H2,1-3H3. The van der Waals surface area contributed by atoms with Gasteiger partial charge in [-0.05, 0) is 31.8 Å². The van der Waals surface area contributed by atoms with Crippen molar-refractivity contribution in [3.63, 3.8) is 0 Å². The molecule has 0 aliphatic carbocycles. The molecule has 0 spiro atoms. The highest BCUT2D eigenvalue weighted by atomic mass is 16.5. The number of likely N-dealkylation sites (N-methyl/N-ethyl adjacent to an activating group) is 1. The maximum Gasteiger partial charge on any atom is 0.248 e. The lowest BCUT2D eigenvalue weighted by Crippen LogP contribution is -2.37. The van der Waals surface area contributed by atoms with E-state index in [1.54, 1.807) is 4.90 Å². The van der Waals surface area contributed by atoms with Gasteiger partial charge in [0.2, 0.25) is 5.91 Å². The van der Waals surface area contributed by atoms with Crippen molar-refractivity contribution in [1.82, 2.24) is 10.2 Å². The van der Waals surface area contributed by atoms with Crippen LogP contribution in [0.1, 0.15) is 26.7 Å². The normalized spacial score (nSPS) is 17.8. The Bertz CT molecular complexity index is 213. The van der Waals surface area contributed by atoms with Gasteiger partial charge in [0.05, 0.1) is 6.10 Å². The van der Waals surface area contributed by atoms with E-state index < -0.39 is 0 Å². The Hall–Kier alpha value is -0.610. The summed E-state index contributed by atoms with van der Waals surface area (Å²) in [5.74, 6) is 0.597. The average molecular weight is 228 g/mol. The number of nitrogens with zero attached hydrogens (tertiary/aromatic N) is 1. The summed E-state index contributed by atoms with van der Waals surface area (Å²) >= 11 is 0. The van der Waals surface area contributed by atoms with Gasteiger partial charge >= 0.3 is 0 Å². The molecule has 0 atom stereocenters. The van der Waals surface area contributed by atoms with Gasteiger partial charge in [-0.25, -0.2) is 0 Å². The molecule has 4 heteroatoms. The third-order valence-electron chi connectivity index (χ3n) is 2.79. The first-order valence-corrected chi connectivity index (χ1v) is 6.16. The first-order valence-electron chi connectivity index (χ1n) is 6.16. The van der Waals surface area contributed by atoms with E-state index in [1.165, 1.54) is 0 Å². The average Bonchev–Trinajstić information content (AvgIpc) is 2.26.